The van der Waals surface area contributed by atoms with E-state index < -0.39 is 11.8 Å². The lowest BCUT2D eigenvalue weighted by Crippen LogP contribution is -2.28. The average Bonchev–Trinajstić information content (AvgIpc) is 2.19. The molecule has 1 aromatic carbocycles. The highest BCUT2D eigenvalue weighted by Gasteiger charge is 2.17. The Morgan fingerprint density at radius 1 is 1.56 bits per heavy atom. The van der Waals surface area contributed by atoms with Gasteiger partial charge in [-0.1, -0.05) is 0 Å². The average molecular weight is 227 g/mol. The highest BCUT2D eigenvalue weighted by Crippen LogP contribution is 2.27. The van der Waals surface area contributed by atoms with Crippen molar-refractivity contribution < 1.29 is 19.4 Å². The number of phenols is 1. The van der Waals surface area contributed by atoms with Crippen LogP contribution in [0.1, 0.15) is 18.5 Å². The molecule has 0 radical (unpaired) electrons. The van der Waals surface area contributed by atoms with Gasteiger partial charge in [0.15, 0.2) is 0 Å². The van der Waals surface area contributed by atoms with E-state index in [0.29, 0.717) is 5.56 Å². The summed E-state index contributed by atoms with van der Waals surface area (Å²) in [6, 6.07) is 3.25. The normalized spacial score (nSPS) is 12.8. The van der Waals surface area contributed by atoms with Gasteiger partial charge in [0.1, 0.15) is 11.6 Å². The molecule has 1 rings (SSSR count). The lowest BCUT2D eigenvalue weighted by Gasteiger charge is -2.23. The van der Waals surface area contributed by atoms with Crippen molar-refractivity contribution in [3.05, 3.63) is 29.6 Å². The van der Waals surface area contributed by atoms with E-state index in [4.69, 9.17) is 5.11 Å². The van der Waals surface area contributed by atoms with Gasteiger partial charge in [0.05, 0.1) is 6.54 Å². The van der Waals surface area contributed by atoms with Gasteiger partial charge in [0.25, 0.3) is 0 Å². The topological polar surface area (TPSA) is 60.8 Å². The zero-order valence-corrected chi connectivity index (χ0v) is 9.14. The first-order valence-electron chi connectivity index (χ1n) is 4.82. The van der Waals surface area contributed by atoms with Crippen LogP contribution in [0.2, 0.25) is 0 Å². The lowest BCUT2D eigenvalue weighted by atomic mass is 10.1. The van der Waals surface area contributed by atoms with E-state index in [9.17, 15) is 14.3 Å². The van der Waals surface area contributed by atoms with E-state index in [1.54, 1.807) is 14.0 Å². The van der Waals surface area contributed by atoms with Gasteiger partial charge in [-0.15, -0.1) is 0 Å². The monoisotopic (exact) mass is 227 g/mol. The molecule has 0 aliphatic rings. The molecule has 16 heavy (non-hydrogen) atoms. The van der Waals surface area contributed by atoms with Crippen LogP contribution in [0.4, 0.5) is 4.39 Å². The fourth-order valence-electron chi connectivity index (χ4n) is 1.45. The minimum absolute atomic E-state index is 0.0360. The molecule has 0 saturated carbocycles. The fraction of sp³-hybridized carbons (Fsp3) is 0.364. The van der Waals surface area contributed by atoms with Crippen LogP contribution < -0.4 is 0 Å². The summed E-state index contributed by atoms with van der Waals surface area (Å²) in [6.07, 6.45) is 0. The van der Waals surface area contributed by atoms with Gasteiger partial charge in [-0.05, 0) is 32.2 Å². The van der Waals surface area contributed by atoms with E-state index in [2.05, 4.69) is 0 Å². The minimum Gasteiger partial charge on any atom is -0.508 e. The minimum atomic E-state index is -0.967. The molecule has 0 aliphatic carbocycles. The summed E-state index contributed by atoms with van der Waals surface area (Å²) in [6.45, 7) is 1.54. The largest absolute Gasteiger partial charge is 0.508 e. The number of aliphatic carboxylic acids is 1. The van der Waals surface area contributed by atoms with Crippen molar-refractivity contribution in [1.29, 1.82) is 0 Å². The van der Waals surface area contributed by atoms with Crippen molar-refractivity contribution >= 4 is 5.97 Å². The van der Waals surface area contributed by atoms with Crippen molar-refractivity contribution in [3.8, 4) is 5.75 Å². The molecule has 88 valence electrons. The molecule has 0 aromatic heterocycles. The molecule has 0 spiro atoms. The maximum absolute atomic E-state index is 13.0. The molecular weight excluding hydrogens is 213 g/mol. The van der Waals surface area contributed by atoms with Crippen LogP contribution in [0, 0.1) is 5.82 Å². The van der Waals surface area contributed by atoms with Gasteiger partial charge in [0, 0.05) is 11.6 Å². The van der Waals surface area contributed by atoms with E-state index in [-0.39, 0.29) is 18.3 Å². The number of nitrogens with zero attached hydrogens (tertiary/aromatic N) is 1. The Bertz CT molecular complexity index is 395. The van der Waals surface area contributed by atoms with Crippen LogP contribution in [0.5, 0.6) is 5.75 Å². The molecule has 1 atom stereocenters. The van der Waals surface area contributed by atoms with Crippen LogP contribution in [0.25, 0.3) is 0 Å². The van der Waals surface area contributed by atoms with Crippen LogP contribution >= 0.6 is 0 Å². The second-order valence-electron chi connectivity index (χ2n) is 3.69. The van der Waals surface area contributed by atoms with Gasteiger partial charge in [-0.2, -0.15) is 0 Å². The number of carboxylic acid groups (broad SMARTS) is 1. The van der Waals surface area contributed by atoms with Gasteiger partial charge < -0.3 is 10.2 Å². The molecule has 0 bridgehead atoms. The van der Waals surface area contributed by atoms with E-state index in [1.807, 2.05) is 0 Å². The predicted octanol–water partition coefficient (Wildman–Crippen LogP) is 1.61. The summed E-state index contributed by atoms with van der Waals surface area (Å²) < 4.78 is 13.0. The van der Waals surface area contributed by atoms with Gasteiger partial charge in [0.2, 0.25) is 0 Å². The third-order valence-corrected chi connectivity index (χ3v) is 2.49. The zero-order chi connectivity index (χ0) is 12.3. The Hall–Kier alpha value is -1.62. The van der Waals surface area contributed by atoms with E-state index in [1.165, 1.54) is 17.0 Å². The van der Waals surface area contributed by atoms with Crippen LogP contribution in [0.15, 0.2) is 18.2 Å². The van der Waals surface area contributed by atoms with Crippen molar-refractivity contribution in [2.24, 2.45) is 0 Å². The Kier molecular flexibility index (Phi) is 3.84. The Balaban J connectivity index is 2.90. The summed E-state index contributed by atoms with van der Waals surface area (Å²) >= 11 is 0. The number of carbonyl (C=O) groups is 1. The maximum atomic E-state index is 13.0. The second kappa shape index (κ2) is 4.94. The third-order valence-electron chi connectivity index (χ3n) is 2.49. The number of hydrogen-bond donors (Lipinski definition) is 2. The number of phenolic OH excluding ortho intramolecular Hbond substituents is 1. The van der Waals surface area contributed by atoms with E-state index >= 15 is 0 Å². The standard InChI is InChI=1S/C11H14FNO3/c1-7(13(2)6-11(15)16)9-5-8(12)3-4-10(9)14/h3-5,7,14H,6H2,1-2H3,(H,15,16). The summed E-state index contributed by atoms with van der Waals surface area (Å²) in [5.74, 6) is -1.46. The third kappa shape index (κ3) is 2.93. The van der Waals surface area contributed by atoms with Crippen LogP contribution in [0.3, 0.4) is 0 Å². The number of likely N-dealkylation sites (N-methyl/N-ethyl adjacent to an activating group) is 1. The van der Waals surface area contributed by atoms with Gasteiger partial charge in [-0.25, -0.2) is 4.39 Å². The number of carboxylic acids is 1. The Morgan fingerprint density at radius 3 is 2.75 bits per heavy atom. The fourth-order valence-corrected chi connectivity index (χ4v) is 1.45. The van der Waals surface area contributed by atoms with Gasteiger partial charge >= 0.3 is 5.97 Å². The molecule has 1 unspecified atom stereocenters. The molecule has 0 aliphatic heterocycles. The summed E-state index contributed by atoms with van der Waals surface area (Å²) in [4.78, 5) is 12.0. The maximum Gasteiger partial charge on any atom is 0.317 e. The van der Waals surface area contributed by atoms with Crippen molar-refractivity contribution in [2.75, 3.05) is 13.6 Å². The quantitative estimate of drug-likeness (QED) is 0.820. The van der Waals surface area contributed by atoms with Crippen LogP contribution in [-0.4, -0.2) is 34.7 Å². The summed E-state index contributed by atoms with van der Waals surface area (Å²) in [7, 11) is 1.60. The molecule has 0 fully saturated rings. The van der Waals surface area contributed by atoms with Crippen molar-refractivity contribution in [1.82, 2.24) is 4.90 Å². The number of rotatable bonds is 4. The number of hydrogen-bond acceptors (Lipinski definition) is 3. The van der Waals surface area contributed by atoms with E-state index in [0.717, 1.165) is 6.07 Å². The molecule has 1 aromatic rings. The summed E-state index contributed by atoms with van der Waals surface area (Å²) in [5, 5.41) is 18.2. The first kappa shape index (κ1) is 12.4. The number of aromatic hydroxyl groups is 1. The first-order valence-corrected chi connectivity index (χ1v) is 4.82. The molecule has 0 heterocycles. The smallest absolute Gasteiger partial charge is 0.317 e. The van der Waals surface area contributed by atoms with Crippen molar-refractivity contribution in [3.63, 3.8) is 0 Å². The number of benzene rings is 1. The van der Waals surface area contributed by atoms with Crippen LogP contribution in [-0.2, 0) is 4.79 Å². The molecule has 5 heteroatoms. The highest BCUT2D eigenvalue weighted by molar-refractivity contribution is 5.69. The molecule has 4 nitrogen and oxygen atoms in total. The Labute approximate surface area is 92.9 Å². The van der Waals surface area contributed by atoms with Crippen molar-refractivity contribution in [2.45, 2.75) is 13.0 Å². The zero-order valence-electron chi connectivity index (χ0n) is 9.14. The molecular formula is C11H14FNO3. The Morgan fingerprint density at radius 2 is 2.19 bits per heavy atom. The first-order chi connectivity index (χ1) is 7.41. The molecule has 2 N–H and O–H groups in total. The SMILES string of the molecule is CC(c1cc(F)ccc1O)N(C)CC(=O)O. The molecule has 0 saturated heterocycles. The van der Waals surface area contributed by atoms with Gasteiger partial charge in [-0.3, -0.25) is 9.69 Å². The second-order valence-corrected chi connectivity index (χ2v) is 3.69. The highest BCUT2D eigenvalue weighted by atomic mass is 19.1. The summed E-state index contributed by atoms with van der Waals surface area (Å²) in [5.41, 5.74) is 0.378. The number of halogens is 1. The lowest BCUT2D eigenvalue weighted by molar-refractivity contribution is -0.138. The predicted molar refractivity (Wildman–Crippen MR) is 56.7 cm³/mol. The molecule has 0 amide bonds.